The van der Waals surface area contributed by atoms with Gasteiger partial charge in [0.25, 0.3) is 0 Å². The standard InChI is InChI=1S/C12H7Br3N6O/c13-5-1-6(14)8(7(15)2-5)20-12(22)21-11-9-10(17-3-16-9)18-4-19-11/h1-4H,(H3,16,17,18,19,20,21,22). The van der Waals surface area contributed by atoms with Gasteiger partial charge in [-0.25, -0.2) is 19.7 Å². The van der Waals surface area contributed by atoms with E-state index in [1.807, 2.05) is 12.1 Å². The van der Waals surface area contributed by atoms with Crippen LogP contribution in [-0.4, -0.2) is 26.0 Å². The Kier molecular flexibility index (Phi) is 4.41. The molecule has 0 radical (unpaired) electrons. The molecule has 7 nitrogen and oxygen atoms in total. The molecule has 22 heavy (non-hydrogen) atoms. The van der Waals surface area contributed by atoms with Crippen molar-refractivity contribution in [2.75, 3.05) is 10.6 Å². The number of rotatable bonds is 2. The summed E-state index contributed by atoms with van der Waals surface area (Å²) in [6, 6.07) is 3.23. The van der Waals surface area contributed by atoms with Crippen LogP contribution < -0.4 is 10.6 Å². The van der Waals surface area contributed by atoms with Crippen LogP contribution in [0, 0.1) is 0 Å². The van der Waals surface area contributed by atoms with E-state index >= 15 is 0 Å². The molecule has 2 amide bonds. The van der Waals surface area contributed by atoms with Gasteiger partial charge in [0.05, 0.1) is 12.0 Å². The topological polar surface area (TPSA) is 95.6 Å². The highest BCUT2D eigenvalue weighted by Gasteiger charge is 2.13. The van der Waals surface area contributed by atoms with Gasteiger partial charge in [-0.1, -0.05) is 15.9 Å². The number of anilines is 2. The van der Waals surface area contributed by atoms with Crippen molar-refractivity contribution in [1.29, 1.82) is 0 Å². The molecule has 0 spiro atoms. The fourth-order valence-electron chi connectivity index (χ4n) is 1.77. The molecule has 0 aliphatic carbocycles. The highest BCUT2D eigenvalue weighted by atomic mass is 79.9. The van der Waals surface area contributed by atoms with Gasteiger partial charge >= 0.3 is 6.03 Å². The molecular formula is C12H7Br3N6O. The Morgan fingerprint density at radius 2 is 1.77 bits per heavy atom. The first-order valence-electron chi connectivity index (χ1n) is 5.91. The smallest absolute Gasteiger partial charge is 0.324 e. The highest BCUT2D eigenvalue weighted by Crippen LogP contribution is 2.34. The van der Waals surface area contributed by atoms with Crippen molar-refractivity contribution in [2.45, 2.75) is 0 Å². The summed E-state index contributed by atoms with van der Waals surface area (Å²) in [6.45, 7) is 0. The number of amides is 2. The third-order valence-corrected chi connectivity index (χ3v) is 4.41. The maximum Gasteiger partial charge on any atom is 0.324 e. The van der Waals surface area contributed by atoms with Crippen molar-refractivity contribution in [3.63, 3.8) is 0 Å². The first-order chi connectivity index (χ1) is 10.5. The molecule has 0 aliphatic heterocycles. The molecule has 0 atom stereocenters. The van der Waals surface area contributed by atoms with Gasteiger partial charge in [0.1, 0.15) is 11.8 Å². The number of nitrogens with one attached hydrogen (secondary N) is 3. The predicted octanol–water partition coefficient (Wildman–Crippen LogP) is 4.28. The van der Waals surface area contributed by atoms with Crippen LogP contribution in [-0.2, 0) is 0 Å². The largest absolute Gasteiger partial charge is 0.340 e. The number of hydrogen-bond acceptors (Lipinski definition) is 4. The van der Waals surface area contributed by atoms with Crippen molar-refractivity contribution < 1.29 is 4.79 Å². The van der Waals surface area contributed by atoms with Crippen LogP contribution in [0.1, 0.15) is 0 Å². The number of hydrogen-bond donors (Lipinski definition) is 3. The lowest BCUT2D eigenvalue weighted by Crippen LogP contribution is -2.21. The summed E-state index contributed by atoms with van der Waals surface area (Å²) < 4.78 is 2.35. The SMILES string of the molecule is O=C(Nc1c(Br)cc(Br)cc1Br)Nc1ncnc2nc[nH]c12. The minimum absolute atomic E-state index is 0.351. The average Bonchev–Trinajstić information content (AvgIpc) is 2.92. The van der Waals surface area contributed by atoms with Gasteiger partial charge in [-0.3, -0.25) is 5.32 Å². The van der Waals surface area contributed by atoms with Gasteiger partial charge in [-0.05, 0) is 44.0 Å². The van der Waals surface area contributed by atoms with Crippen LogP contribution in [0.4, 0.5) is 16.3 Å². The van der Waals surface area contributed by atoms with E-state index in [1.54, 1.807) is 0 Å². The van der Waals surface area contributed by atoms with Crippen LogP contribution in [0.2, 0.25) is 0 Å². The quantitative estimate of drug-likeness (QED) is 0.499. The zero-order valence-corrected chi connectivity index (χ0v) is 15.5. The molecule has 10 heteroatoms. The maximum atomic E-state index is 12.2. The Morgan fingerprint density at radius 1 is 1.05 bits per heavy atom. The molecular weight excluding hydrogens is 484 g/mol. The van der Waals surface area contributed by atoms with Gasteiger partial charge in [0, 0.05) is 13.4 Å². The van der Waals surface area contributed by atoms with Crippen LogP contribution in [0.3, 0.4) is 0 Å². The van der Waals surface area contributed by atoms with E-state index in [9.17, 15) is 4.79 Å². The second-order valence-electron chi connectivity index (χ2n) is 4.15. The monoisotopic (exact) mass is 488 g/mol. The number of aromatic amines is 1. The van der Waals surface area contributed by atoms with Gasteiger partial charge in [0.15, 0.2) is 11.5 Å². The molecule has 0 fully saturated rings. The number of aromatic nitrogens is 4. The lowest BCUT2D eigenvalue weighted by atomic mass is 10.3. The summed E-state index contributed by atoms with van der Waals surface area (Å²) in [4.78, 5) is 27.1. The van der Waals surface area contributed by atoms with E-state index in [2.05, 4.69) is 78.4 Å². The first kappa shape index (κ1) is 15.4. The Labute approximate surface area is 149 Å². The molecule has 1 aromatic carbocycles. The van der Waals surface area contributed by atoms with Crippen LogP contribution in [0.15, 0.2) is 38.2 Å². The molecule has 2 heterocycles. The summed E-state index contributed by atoms with van der Waals surface area (Å²) >= 11 is 10.2. The van der Waals surface area contributed by atoms with E-state index in [-0.39, 0.29) is 0 Å². The van der Waals surface area contributed by atoms with Crippen LogP contribution in [0.25, 0.3) is 11.2 Å². The summed E-state index contributed by atoms with van der Waals surface area (Å²) in [7, 11) is 0. The third kappa shape index (κ3) is 3.13. The van der Waals surface area contributed by atoms with Crippen molar-refractivity contribution in [2.24, 2.45) is 0 Å². The second kappa shape index (κ2) is 6.31. The van der Waals surface area contributed by atoms with E-state index in [4.69, 9.17) is 0 Å². The Morgan fingerprint density at radius 3 is 2.50 bits per heavy atom. The number of fused-ring (bicyclic) bond motifs is 1. The normalized spacial score (nSPS) is 10.7. The molecule has 0 unspecified atom stereocenters. The lowest BCUT2D eigenvalue weighted by molar-refractivity contribution is 0.262. The summed E-state index contributed by atoms with van der Waals surface area (Å²) in [5.41, 5.74) is 1.65. The summed E-state index contributed by atoms with van der Waals surface area (Å²) in [5.74, 6) is 0.351. The lowest BCUT2D eigenvalue weighted by Gasteiger charge is -2.11. The van der Waals surface area contributed by atoms with Gasteiger partial charge in [-0.2, -0.15) is 0 Å². The minimum Gasteiger partial charge on any atom is -0.340 e. The van der Waals surface area contributed by atoms with Gasteiger partial charge < -0.3 is 10.3 Å². The number of nitrogens with zero attached hydrogens (tertiary/aromatic N) is 3. The van der Waals surface area contributed by atoms with Crippen molar-refractivity contribution in [3.8, 4) is 0 Å². The van der Waals surface area contributed by atoms with Crippen molar-refractivity contribution >= 4 is 76.5 Å². The van der Waals surface area contributed by atoms with Crippen molar-refractivity contribution in [3.05, 3.63) is 38.2 Å². The van der Waals surface area contributed by atoms with Crippen LogP contribution in [0.5, 0.6) is 0 Å². The van der Waals surface area contributed by atoms with Crippen molar-refractivity contribution in [1.82, 2.24) is 19.9 Å². The minimum atomic E-state index is -0.432. The number of carbonyl (C=O) groups is 1. The number of halogens is 3. The van der Waals surface area contributed by atoms with E-state index < -0.39 is 6.03 Å². The Hall–Kier alpha value is -1.52. The molecule has 3 aromatic rings. The molecule has 0 aliphatic rings. The zero-order valence-electron chi connectivity index (χ0n) is 10.7. The zero-order chi connectivity index (χ0) is 15.7. The van der Waals surface area contributed by atoms with Crippen LogP contribution >= 0.6 is 47.8 Å². The second-order valence-corrected chi connectivity index (χ2v) is 6.77. The maximum absolute atomic E-state index is 12.2. The van der Waals surface area contributed by atoms with E-state index in [0.29, 0.717) is 22.7 Å². The number of imidazole rings is 1. The predicted molar refractivity (Wildman–Crippen MR) is 93.9 cm³/mol. The highest BCUT2D eigenvalue weighted by molar-refractivity contribution is 9.11. The molecule has 2 aromatic heterocycles. The number of urea groups is 1. The van der Waals surface area contributed by atoms with Gasteiger partial charge in [0.2, 0.25) is 0 Å². The fourth-order valence-corrected chi connectivity index (χ4v) is 4.23. The fraction of sp³-hybridized carbons (Fsp3) is 0. The molecule has 0 saturated heterocycles. The molecule has 112 valence electrons. The molecule has 3 N–H and O–H groups in total. The number of benzene rings is 1. The molecule has 0 bridgehead atoms. The summed E-state index contributed by atoms with van der Waals surface area (Å²) in [6.07, 6.45) is 2.83. The average molecular weight is 491 g/mol. The molecule has 3 rings (SSSR count). The number of carbonyl (C=O) groups excluding carboxylic acids is 1. The third-order valence-electron chi connectivity index (χ3n) is 2.70. The van der Waals surface area contributed by atoms with Gasteiger partial charge in [-0.15, -0.1) is 0 Å². The Balaban J connectivity index is 1.83. The van der Waals surface area contributed by atoms with E-state index in [0.717, 1.165) is 13.4 Å². The summed E-state index contributed by atoms with van der Waals surface area (Å²) in [5, 5.41) is 5.41. The Bertz CT molecular complexity index is 842. The van der Waals surface area contributed by atoms with E-state index in [1.165, 1.54) is 12.7 Å². The first-order valence-corrected chi connectivity index (χ1v) is 8.29. The number of H-pyrrole nitrogens is 1. The molecule has 0 saturated carbocycles.